The molecule has 0 spiro atoms. The van der Waals surface area contributed by atoms with Gasteiger partial charge in [0.05, 0.1) is 6.20 Å². The molecule has 1 aromatic heterocycles. The Morgan fingerprint density at radius 2 is 2.26 bits per heavy atom. The molecule has 0 saturated heterocycles. The third-order valence-corrected chi connectivity index (χ3v) is 3.67. The molecule has 0 aliphatic rings. The standard InChI is InChI=1S/C14H16BrClN2O/c1-2-17-7-3-4-14-18-9-13(19-14)11-8-10(16)5-6-12(11)15/h5-6,8-9,17H,2-4,7H2,1H3. The number of nitrogens with zero attached hydrogens (tertiary/aromatic N) is 1. The van der Waals surface area contributed by atoms with E-state index < -0.39 is 0 Å². The summed E-state index contributed by atoms with van der Waals surface area (Å²) in [4.78, 5) is 4.30. The van der Waals surface area contributed by atoms with Gasteiger partial charge in [-0.05, 0) is 37.7 Å². The predicted octanol–water partition coefficient (Wildman–Crippen LogP) is 4.30. The lowest BCUT2D eigenvalue weighted by molar-refractivity contribution is 0.493. The van der Waals surface area contributed by atoms with Crippen LogP contribution in [0.15, 0.2) is 33.3 Å². The topological polar surface area (TPSA) is 38.1 Å². The zero-order chi connectivity index (χ0) is 13.7. The molecular weight excluding hydrogens is 328 g/mol. The highest BCUT2D eigenvalue weighted by molar-refractivity contribution is 9.10. The zero-order valence-corrected chi connectivity index (χ0v) is 13.1. The van der Waals surface area contributed by atoms with Crippen LogP contribution in [0.2, 0.25) is 5.02 Å². The van der Waals surface area contributed by atoms with Gasteiger partial charge >= 0.3 is 0 Å². The highest BCUT2D eigenvalue weighted by atomic mass is 79.9. The van der Waals surface area contributed by atoms with Crippen LogP contribution in [0.25, 0.3) is 11.3 Å². The molecule has 1 N–H and O–H groups in total. The van der Waals surface area contributed by atoms with Crippen molar-refractivity contribution in [2.24, 2.45) is 0 Å². The molecule has 1 heterocycles. The van der Waals surface area contributed by atoms with E-state index in [1.165, 1.54) is 0 Å². The molecule has 2 aromatic rings. The second kappa shape index (κ2) is 7.08. The van der Waals surface area contributed by atoms with E-state index in [1.807, 2.05) is 18.2 Å². The van der Waals surface area contributed by atoms with Crippen molar-refractivity contribution in [1.82, 2.24) is 10.3 Å². The number of aromatic nitrogens is 1. The number of aryl methyl sites for hydroxylation is 1. The summed E-state index contributed by atoms with van der Waals surface area (Å²) in [5.41, 5.74) is 0.929. The lowest BCUT2D eigenvalue weighted by Crippen LogP contribution is -2.14. The second-order valence-electron chi connectivity index (χ2n) is 4.20. The van der Waals surface area contributed by atoms with Gasteiger partial charge in [-0.2, -0.15) is 0 Å². The molecule has 3 nitrogen and oxygen atoms in total. The minimum absolute atomic E-state index is 0.684. The van der Waals surface area contributed by atoms with Gasteiger partial charge in [-0.1, -0.05) is 34.5 Å². The van der Waals surface area contributed by atoms with Crippen molar-refractivity contribution < 1.29 is 4.42 Å². The Hall–Kier alpha value is -0.840. The summed E-state index contributed by atoms with van der Waals surface area (Å²) in [6.45, 7) is 4.07. The van der Waals surface area contributed by atoms with Gasteiger partial charge in [0, 0.05) is 21.5 Å². The smallest absolute Gasteiger partial charge is 0.194 e. The Labute approximate surface area is 126 Å². The maximum atomic E-state index is 6.00. The van der Waals surface area contributed by atoms with Crippen molar-refractivity contribution in [2.45, 2.75) is 19.8 Å². The molecule has 2 rings (SSSR count). The van der Waals surface area contributed by atoms with Gasteiger partial charge in [0.2, 0.25) is 0 Å². The lowest BCUT2D eigenvalue weighted by Gasteiger charge is -2.01. The van der Waals surface area contributed by atoms with E-state index in [0.29, 0.717) is 5.02 Å². The largest absolute Gasteiger partial charge is 0.441 e. The van der Waals surface area contributed by atoms with E-state index in [1.54, 1.807) is 6.20 Å². The minimum Gasteiger partial charge on any atom is -0.441 e. The number of oxazole rings is 1. The molecule has 0 fully saturated rings. The average Bonchev–Trinajstić information content (AvgIpc) is 2.86. The molecule has 0 aliphatic heterocycles. The quantitative estimate of drug-likeness (QED) is 0.795. The van der Waals surface area contributed by atoms with Gasteiger partial charge < -0.3 is 9.73 Å². The Morgan fingerprint density at radius 3 is 3.05 bits per heavy atom. The maximum Gasteiger partial charge on any atom is 0.194 e. The van der Waals surface area contributed by atoms with Crippen LogP contribution < -0.4 is 5.32 Å². The first kappa shape index (κ1) is 14.6. The molecule has 0 aliphatic carbocycles. The Bertz CT molecular complexity index is 542. The maximum absolute atomic E-state index is 6.00. The monoisotopic (exact) mass is 342 g/mol. The molecule has 0 atom stereocenters. The van der Waals surface area contributed by atoms with Crippen molar-refractivity contribution in [2.75, 3.05) is 13.1 Å². The summed E-state index contributed by atoms with van der Waals surface area (Å²) in [7, 11) is 0. The first-order valence-electron chi connectivity index (χ1n) is 6.31. The SMILES string of the molecule is CCNCCCc1ncc(-c2cc(Cl)ccc2Br)o1. The fourth-order valence-corrected chi connectivity index (χ4v) is 2.39. The number of hydrogen-bond donors (Lipinski definition) is 1. The van der Waals surface area contributed by atoms with Crippen LogP contribution in [-0.2, 0) is 6.42 Å². The number of hydrogen-bond acceptors (Lipinski definition) is 3. The summed E-state index contributed by atoms with van der Waals surface area (Å²) < 4.78 is 6.71. The summed E-state index contributed by atoms with van der Waals surface area (Å²) >= 11 is 9.49. The van der Waals surface area contributed by atoms with Crippen molar-refractivity contribution in [1.29, 1.82) is 0 Å². The van der Waals surface area contributed by atoms with E-state index in [4.69, 9.17) is 16.0 Å². The summed E-state index contributed by atoms with van der Waals surface area (Å²) in [6.07, 6.45) is 3.61. The molecule has 0 unspecified atom stereocenters. The van der Waals surface area contributed by atoms with Gasteiger partial charge in [-0.25, -0.2) is 4.98 Å². The minimum atomic E-state index is 0.684. The molecule has 1 aromatic carbocycles. The number of rotatable bonds is 6. The van der Waals surface area contributed by atoms with E-state index >= 15 is 0 Å². The van der Waals surface area contributed by atoms with Crippen LogP contribution in [0.4, 0.5) is 0 Å². The second-order valence-corrected chi connectivity index (χ2v) is 5.49. The molecular formula is C14H16BrClN2O. The fraction of sp³-hybridized carbons (Fsp3) is 0.357. The lowest BCUT2D eigenvalue weighted by atomic mass is 10.2. The van der Waals surface area contributed by atoms with Crippen LogP contribution in [-0.4, -0.2) is 18.1 Å². The van der Waals surface area contributed by atoms with Gasteiger partial charge in [-0.3, -0.25) is 0 Å². The number of benzene rings is 1. The first-order chi connectivity index (χ1) is 9.20. The van der Waals surface area contributed by atoms with Crippen LogP contribution in [0.5, 0.6) is 0 Å². The first-order valence-corrected chi connectivity index (χ1v) is 7.48. The van der Waals surface area contributed by atoms with Crippen LogP contribution in [0.1, 0.15) is 19.2 Å². The van der Waals surface area contributed by atoms with Gasteiger partial charge in [0.25, 0.3) is 0 Å². The van der Waals surface area contributed by atoms with Crippen molar-refractivity contribution >= 4 is 27.5 Å². The van der Waals surface area contributed by atoms with Gasteiger partial charge in [0.1, 0.15) is 0 Å². The molecule has 0 radical (unpaired) electrons. The molecule has 102 valence electrons. The predicted molar refractivity (Wildman–Crippen MR) is 81.5 cm³/mol. The molecule has 19 heavy (non-hydrogen) atoms. The molecule has 0 bridgehead atoms. The van der Waals surface area contributed by atoms with Crippen molar-refractivity contribution in [3.05, 3.63) is 39.8 Å². The number of nitrogens with one attached hydrogen (secondary N) is 1. The highest BCUT2D eigenvalue weighted by Crippen LogP contribution is 2.31. The Balaban J connectivity index is 2.06. The fourth-order valence-electron chi connectivity index (χ4n) is 1.78. The van der Waals surface area contributed by atoms with Crippen LogP contribution >= 0.6 is 27.5 Å². The third-order valence-electron chi connectivity index (χ3n) is 2.74. The van der Waals surface area contributed by atoms with E-state index in [0.717, 1.165) is 47.6 Å². The molecule has 0 amide bonds. The highest BCUT2D eigenvalue weighted by Gasteiger charge is 2.10. The molecule has 5 heteroatoms. The summed E-state index contributed by atoms with van der Waals surface area (Å²) in [5, 5.41) is 3.96. The van der Waals surface area contributed by atoms with Gasteiger partial charge in [-0.15, -0.1) is 0 Å². The van der Waals surface area contributed by atoms with Gasteiger partial charge in [0.15, 0.2) is 11.7 Å². The van der Waals surface area contributed by atoms with E-state index in [2.05, 4.69) is 33.2 Å². The van der Waals surface area contributed by atoms with Crippen LogP contribution in [0, 0.1) is 0 Å². The Morgan fingerprint density at radius 1 is 1.42 bits per heavy atom. The van der Waals surface area contributed by atoms with Crippen molar-refractivity contribution in [3.8, 4) is 11.3 Å². The van der Waals surface area contributed by atoms with E-state index in [9.17, 15) is 0 Å². The molecule has 0 saturated carbocycles. The normalized spacial score (nSPS) is 10.9. The average molecular weight is 344 g/mol. The summed E-state index contributed by atoms with van der Waals surface area (Å²) in [5.74, 6) is 1.51. The third kappa shape index (κ3) is 4.06. The number of halogens is 2. The van der Waals surface area contributed by atoms with Crippen LogP contribution in [0.3, 0.4) is 0 Å². The zero-order valence-electron chi connectivity index (χ0n) is 10.7. The van der Waals surface area contributed by atoms with Crippen molar-refractivity contribution in [3.63, 3.8) is 0 Å². The summed E-state index contributed by atoms with van der Waals surface area (Å²) in [6, 6.07) is 5.61. The Kier molecular flexibility index (Phi) is 5.43. The van der Waals surface area contributed by atoms with E-state index in [-0.39, 0.29) is 0 Å².